The van der Waals surface area contributed by atoms with E-state index in [9.17, 15) is 4.79 Å². The molecule has 4 nitrogen and oxygen atoms in total. The van der Waals surface area contributed by atoms with Crippen LogP contribution in [0.5, 0.6) is 5.75 Å². The molecular formula is C12H17BrN2O2. The molecule has 0 unspecified atom stereocenters. The summed E-state index contributed by atoms with van der Waals surface area (Å²) in [6.07, 6.45) is 1.18. The van der Waals surface area contributed by atoms with Gasteiger partial charge in [-0.25, -0.2) is 0 Å². The van der Waals surface area contributed by atoms with E-state index in [0.717, 1.165) is 15.9 Å². The lowest BCUT2D eigenvalue weighted by Crippen LogP contribution is -2.26. The van der Waals surface area contributed by atoms with Gasteiger partial charge in [0.15, 0.2) is 0 Å². The van der Waals surface area contributed by atoms with Gasteiger partial charge in [-0.2, -0.15) is 0 Å². The topological polar surface area (TPSA) is 55.6 Å². The molecule has 1 rings (SSSR count). The van der Waals surface area contributed by atoms with Crippen LogP contribution >= 0.6 is 15.9 Å². The molecule has 94 valence electrons. The Morgan fingerprint density at radius 3 is 2.76 bits per heavy atom. The van der Waals surface area contributed by atoms with Crippen molar-refractivity contribution in [1.82, 2.24) is 0 Å². The second kappa shape index (κ2) is 6.61. The van der Waals surface area contributed by atoms with Gasteiger partial charge in [0.2, 0.25) is 5.91 Å². The zero-order chi connectivity index (χ0) is 12.8. The number of ether oxygens (including phenoxy) is 1. The van der Waals surface area contributed by atoms with E-state index in [0.29, 0.717) is 19.4 Å². The lowest BCUT2D eigenvalue weighted by Gasteiger charge is -2.18. The molecule has 0 saturated carbocycles. The highest BCUT2D eigenvalue weighted by Gasteiger charge is 2.11. The van der Waals surface area contributed by atoms with E-state index < -0.39 is 0 Å². The molecule has 0 fully saturated rings. The van der Waals surface area contributed by atoms with Crippen LogP contribution in [0.15, 0.2) is 22.7 Å². The molecule has 0 radical (unpaired) electrons. The SMILES string of the molecule is COc1ccc(N(C)C(=O)CCCN)cc1Br. The Labute approximate surface area is 110 Å². The van der Waals surface area contributed by atoms with Crippen LogP contribution in [0.2, 0.25) is 0 Å². The summed E-state index contributed by atoms with van der Waals surface area (Å²) in [6.45, 7) is 0.534. The molecule has 0 spiro atoms. The maximum Gasteiger partial charge on any atom is 0.226 e. The molecule has 0 saturated heterocycles. The van der Waals surface area contributed by atoms with E-state index in [-0.39, 0.29) is 5.91 Å². The average molecular weight is 301 g/mol. The molecule has 1 amide bonds. The minimum absolute atomic E-state index is 0.0625. The highest BCUT2D eigenvalue weighted by Crippen LogP contribution is 2.29. The molecule has 17 heavy (non-hydrogen) atoms. The molecule has 1 aromatic rings. The number of anilines is 1. The van der Waals surface area contributed by atoms with Gasteiger partial charge in [-0.15, -0.1) is 0 Å². The van der Waals surface area contributed by atoms with E-state index in [4.69, 9.17) is 10.5 Å². The summed E-state index contributed by atoms with van der Waals surface area (Å²) >= 11 is 3.39. The third-order valence-corrected chi connectivity index (χ3v) is 3.11. The van der Waals surface area contributed by atoms with E-state index >= 15 is 0 Å². The molecule has 0 aliphatic rings. The number of methoxy groups -OCH3 is 1. The van der Waals surface area contributed by atoms with Gasteiger partial charge in [0, 0.05) is 19.2 Å². The molecule has 0 bridgehead atoms. The van der Waals surface area contributed by atoms with Gasteiger partial charge >= 0.3 is 0 Å². The van der Waals surface area contributed by atoms with Gasteiger partial charge in [0.05, 0.1) is 11.6 Å². The van der Waals surface area contributed by atoms with E-state index in [2.05, 4.69) is 15.9 Å². The van der Waals surface area contributed by atoms with Gasteiger partial charge in [-0.1, -0.05) is 0 Å². The summed E-state index contributed by atoms with van der Waals surface area (Å²) in [5.41, 5.74) is 6.22. The number of carbonyl (C=O) groups excluding carboxylic acids is 1. The summed E-state index contributed by atoms with van der Waals surface area (Å²) in [5, 5.41) is 0. The second-order valence-corrected chi connectivity index (χ2v) is 4.52. The first-order valence-corrected chi connectivity index (χ1v) is 6.19. The minimum Gasteiger partial charge on any atom is -0.496 e. The highest BCUT2D eigenvalue weighted by atomic mass is 79.9. The predicted molar refractivity (Wildman–Crippen MR) is 72.4 cm³/mol. The summed E-state index contributed by atoms with van der Waals surface area (Å²) in [5.74, 6) is 0.809. The first-order valence-electron chi connectivity index (χ1n) is 5.40. The number of nitrogens with zero attached hydrogens (tertiary/aromatic N) is 1. The van der Waals surface area contributed by atoms with Crippen molar-refractivity contribution in [2.24, 2.45) is 5.73 Å². The van der Waals surface area contributed by atoms with Crippen LogP contribution in [0.25, 0.3) is 0 Å². The monoisotopic (exact) mass is 300 g/mol. The van der Waals surface area contributed by atoms with Crippen LogP contribution in [-0.2, 0) is 4.79 Å². The molecular weight excluding hydrogens is 284 g/mol. The Hall–Kier alpha value is -1.07. The maximum atomic E-state index is 11.8. The van der Waals surface area contributed by atoms with Gasteiger partial charge < -0.3 is 15.4 Å². The highest BCUT2D eigenvalue weighted by molar-refractivity contribution is 9.10. The number of halogens is 1. The number of nitrogens with two attached hydrogens (primary N) is 1. The van der Waals surface area contributed by atoms with Crippen molar-refractivity contribution < 1.29 is 9.53 Å². The van der Waals surface area contributed by atoms with Gasteiger partial charge in [-0.05, 0) is 47.1 Å². The standard InChI is InChI=1S/C12H17BrN2O2/c1-15(12(16)4-3-7-14)9-5-6-11(17-2)10(13)8-9/h5-6,8H,3-4,7,14H2,1-2H3. The Morgan fingerprint density at radius 2 is 2.24 bits per heavy atom. The summed E-state index contributed by atoms with van der Waals surface area (Å²) in [6, 6.07) is 5.54. The van der Waals surface area contributed by atoms with Crippen molar-refractivity contribution in [3.63, 3.8) is 0 Å². The lowest BCUT2D eigenvalue weighted by atomic mass is 10.2. The maximum absolute atomic E-state index is 11.8. The number of rotatable bonds is 5. The van der Waals surface area contributed by atoms with E-state index in [1.807, 2.05) is 18.2 Å². The predicted octanol–water partition coefficient (Wildman–Crippen LogP) is 2.16. The number of hydrogen-bond donors (Lipinski definition) is 1. The van der Waals surface area contributed by atoms with Gasteiger partial charge in [0.25, 0.3) is 0 Å². The fourth-order valence-electron chi connectivity index (χ4n) is 1.43. The molecule has 0 heterocycles. The molecule has 1 aromatic carbocycles. The summed E-state index contributed by atoms with van der Waals surface area (Å²) in [7, 11) is 3.36. The van der Waals surface area contributed by atoms with Crippen molar-refractivity contribution in [3.05, 3.63) is 22.7 Å². The first-order chi connectivity index (χ1) is 8.10. The van der Waals surface area contributed by atoms with Crippen molar-refractivity contribution in [2.45, 2.75) is 12.8 Å². The van der Waals surface area contributed by atoms with Crippen molar-refractivity contribution in [3.8, 4) is 5.75 Å². The Kier molecular flexibility index (Phi) is 5.44. The smallest absolute Gasteiger partial charge is 0.226 e. The number of carbonyl (C=O) groups is 1. The minimum atomic E-state index is 0.0625. The van der Waals surface area contributed by atoms with E-state index in [1.54, 1.807) is 19.1 Å². The zero-order valence-corrected chi connectivity index (χ0v) is 11.7. The Bertz CT molecular complexity index is 396. The second-order valence-electron chi connectivity index (χ2n) is 3.66. The fourth-order valence-corrected chi connectivity index (χ4v) is 1.96. The van der Waals surface area contributed by atoms with E-state index in [1.165, 1.54) is 0 Å². The molecule has 0 aliphatic heterocycles. The largest absolute Gasteiger partial charge is 0.496 e. The Morgan fingerprint density at radius 1 is 1.53 bits per heavy atom. The zero-order valence-electron chi connectivity index (χ0n) is 10.1. The van der Waals surface area contributed by atoms with Gasteiger partial charge in [-0.3, -0.25) is 4.79 Å². The van der Waals surface area contributed by atoms with Crippen LogP contribution in [0.3, 0.4) is 0 Å². The van der Waals surface area contributed by atoms with Crippen molar-refractivity contribution in [2.75, 3.05) is 25.6 Å². The molecule has 5 heteroatoms. The molecule has 0 aliphatic carbocycles. The van der Waals surface area contributed by atoms with Crippen LogP contribution in [-0.4, -0.2) is 26.6 Å². The van der Waals surface area contributed by atoms with Crippen LogP contribution in [0.1, 0.15) is 12.8 Å². The van der Waals surface area contributed by atoms with Crippen molar-refractivity contribution in [1.29, 1.82) is 0 Å². The Balaban J connectivity index is 2.78. The third-order valence-electron chi connectivity index (χ3n) is 2.49. The summed E-state index contributed by atoms with van der Waals surface area (Å²) < 4.78 is 5.97. The number of amides is 1. The fraction of sp³-hybridized carbons (Fsp3) is 0.417. The van der Waals surface area contributed by atoms with Crippen LogP contribution in [0.4, 0.5) is 5.69 Å². The van der Waals surface area contributed by atoms with Crippen LogP contribution < -0.4 is 15.4 Å². The molecule has 0 aromatic heterocycles. The number of benzene rings is 1. The third kappa shape index (κ3) is 3.71. The summed E-state index contributed by atoms with van der Waals surface area (Å²) in [4.78, 5) is 13.4. The van der Waals surface area contributed by atoms with Crippen LogP contribution in [0, 0.1) is 0 Å². The molecule has 0 atom stereocenters. The van der Waals surface area contributed by atoms with Gasteiger partial charge in [0.1, 0.15) is 5.75 Å². The lowest BCUT2D eigenvalue weighted by molar-refractivity contribution is -0.118. The quantitative estimate of drug-likeness (QED) is 0.906. The number of hydrogen-bond acceptors (Lipinski definition) is 3. The molecule has 2 N–H and O–H groups in total. The normalized spacial score (nSPS) is 10.1. The first kappa shape index (κ1) is 14.0. The van der Waals surface area contributed by atoms with Crippen molar-refractivity contribution >= 4 is 27.5 Å². The average Bonchev–Trinajstić information content (AvgIpc) is 2.34.